The first-order valence-corrected chi connectivity index (χ1v) is 11.3. The van der Waals surface area contributed by atoms with Gasteiger partial charge in [0.05, 0.1) is 23.3 Å². The molecule has 2 aromatic carbocycles. The molecule has 164 valence electrons. The normalized spacial score (nSPS) is 12.5. The van der Waals surface area contributed by atoms with Crippen LogP contribution in [0.2, 0.25) is 0 Å². The number of furan rings is 1. The number of benzene rings is 2. The number of hydrogen-bond acceptors (Lipinski definition) is 6. The Hall–Kier alpha value is -3.69. The molecule has 0 saturated heterocycles. The van der Waals surface area contributed by atoms with E-state index in [1.54, 1.807) is 18.3 Å². The van der Waals surface area contributed by atoms with Crippen LogP contribution in [0.4, 0.5) is 0 Å². The van der Waals surface area contributed by atoms with Gasteiger partial charge in [-0.05, 0) is 49.4 Å². The van der Waals surface area contributed by atoms with Crippen molar-refractivity contribution in [2.45, 2.75) is 24.5 Å². The summed E-state index contributed by atoms with van der Waals surface area (Å²) in [7, 11) is -3.79. The van der Waals surface area contributed by atoms with Crippen LogP contribution >= 0.6 is 0 Å². The van der Waals surface area contributed by atoms with Gasteiger partial charge in [-0.3, -0.25) is 4.79 Å². The van der Waals surface area contributed by atoms with Crippen LogP contribution in [0, 0.1) is 0 Å². The Kier molecular flexibility index (Phi) is 5.93. The lowest BCUT2D eigenvalue weighted by Crippen LogP contribution is -2.25. The second-order valence-electron chi connectivity index (χ2n) is 7.09. The van der Waals surface area contributed by atoms with Crippen LogP contribution in [0.15, 0.2) is 82.4 Å². The predicted molar refractivity (Wildman–Crippen MR) is 117 cm³/mol. The predicted octanol–water partition coefficient (Wildman–Crippen LogP) is 3.67. The number of carbonyl (C=O) groups excluding carboxylic acids is 2. The summed E-state index contributed by atoms with van der Waals surface area (Å²) < 4.78 is 37.6. The van der Waals surface area contributed by atoms with E-state index in [1.807, 2.05) is 24.3 Å². The molecule has 4 rings (SSSR count). The maximum Gasteiger partial charge on any atom is 0.338 e. The van der Waals surface area contributed by atoms with Crippen molar-refractivity contribution in [1.82, 2.24) is 9.71 Å². The number of Topliss-reactive ketones (excluding diaryl/α,β-unsaturated/α-hetero) is 1. The third-order valence-corrected chi connectivity index (χ3v) is 6.34. The number of ether oxygens (including phenoxy) is 1. The fourth-order valence-corrected chi connectivity index (χ4v) is 4.20. The molecular formula is C23H20N2O6S. The van der Waals surface area contributed by atoms with Gasteiger partial charge in [-0.2, -0.15) is 0 Å². The van der Waals surface area contributed by atoms with Crippen LogP contribution in [0.3, 0.4) is 0 Å². The lowest BCUT2D eigenvalue weighted by molar-refractivity contribution is 0.0319. The van der Waals surface area contributed by atoms with Crippen molar-refractivity contribution in [3.8, 4) is 0 Å². The monoisotopic (exact) mass is 452 g/mol. The van der Waals surface area contributed by atoms with Gasteiger partial charge in [0, 0.05) is 22.7 Å². The zero-order chi connectivity index (χ0) is 22.7. The molecule has 9 heteroatoms. The first-order chi connectivity index (χ1) is 15.3. The number of aromatic nitrogens is 1. The molecule has 0 bridgehead atoms. The van der Waals surface area contributed by atoms with Crippen LogP contribution in [0.1, 0.15) is 33.4 Å². The molecule has 2 aromatic heterocycles. The third kappa shape index (κ3) is 4.48. The van der Waals surface area contributed by atoms with Crippen molar-refractivity contribution in [3.05, 3.63) is 90.0 Å². The Morgan fingerprint density at radius 1 is 1.06 bits per heavy atom. The van der Waals surface area contributed by atoms with Gasteiger partial charge in [0.15, 0.2) is 6.10 Å². The molecule has 0 aliphatic carbocycles. The summed E-state index contributed by atoms with van der Waals surface area (Å²) >= 11 is 0. The smallest absolute Gasteiger partial charge is 0.338 e. The van der Waals surface area contributed by atoms with Crippen molar-refractivity contribution >= 4 is 32.7 Å². The Labute approximate surface area is 184 Å². The van der Waals surface area contributed by atoms with E-state index in [4.69, 9.17) is 9.15 Å². The van der Waals surface area contributed by atoms with Crippen LogP contribution in [0.5, 0.6) is 0 Å². The van der Waals surface area contributed by atoms with E-state index in [2.05, 4.69) is 9.71 Å². The van der Waals surface area contributed by atoms with Crippen LogP contribution < -0.4 is 4.72 Å². The summed E-state index contributed by atoms with van der Waals surface area (Å²) in [5, 5.41) is 0.747. The molecule has 32 heavy (non-hydrogen) atoms. The van der Waals surface area contributed by atoms with Crippen molar-refractivity contribution in [2.75, 3.05) is 0 Å². The molecule has 2 heterocycles. The molecule has 1 unspecified atom stereocenters. The lowest BCUT2D eigenvalue weighted by atomic mass is 10.1. The number of hydrogen-bond donors (Lipinski definition) is 2. The summed E-state index contributed by atoms with van der Waals surface area (Å²) in [6, 6.07) is 15.9. The van der Waals surface area contributed by atoms with E-state index in [1.165, 1.54) is 37.5 Å². The summed E-state index contributed by atoms with van der Waals surface area (Å²) in [5.74, 6) is -0.585. The highest BCUT2D eigenvalue weighted by Gasteiger charge is 2.23. The molecule has 0 aliphatic heterocycles. The molecule has 0 radical (unpaired) electrons. The first kappa shape index (κ1) is 21.5. The Bertz CT molecular complexity index is 1360. The molecule has 0 fully saturated rings. The topological polar surface area (TPSA) is 118 Å². The number of para-hydroxylation sites is 1. The molecule has 0 aliphatic rings. The van der Waals surface area contributed by atoms with E-state index in [0.29, 0.717) is 11.3 Å². The number of aromatic amines is 1. The van der Waals surface area contributed by atoms with Gasteiger partial charge < -0.3 is 14.1 Å². The minimum Gasteiger partial charge on any atom is -0.468 e. The van der Waals surface area contributed by atoms with Gasteiger partial charge in [0.1, 0.15) is 5.76 Å². The average molecular weight is 452 g/mol. The molecule has 0 amide bonds. The van der Waals surface area contributed by atoms with E-state index in [9.17, 15) is 18.0 Å². The summed E-state index contributed by atoms with van der Waals surface area (Å²) in [5.41, 5.74) is 1.38. The number of nitrogens with one attached hydrogen (secondary N) is 2. The zero-order valence-electron chi connectivity index (χ0n) is 17.1. The molecule has 0 spiro atoms. The first-order valence-electron chi connectivity index (χ1n) is 9.78. The van der Waals surface area contributed by atoms with E-state index in [0.717, 1.165) is 10.9 Å². The largest absolute Gasteiger partial charge is 0.468 e. The SMILES string of the molecule is CC(OC(=O)c1ccc(S(=O)(=O)NCc2ccco2)cc1)C(=O)c1c[nH]c2ccccc12. The third-order valence-electron chi connectivity index (χ3n) is 4.92. The van der Waals surface area contributed by atoms with Crippen LogP contribution in [-0.2, 0) is 21.3 Å². The van der Waals surface area contributed by atoms with Crippen LogP contribution in [0.25, 0.3) is 10.9 Å². The maximum atomic E-state index is 12.7. The number of ketones is 1. The number of carbonyl (C=O) groups is 2. The van der Waals surface area contributed by atoms with Gasteiger partial charge in [0.25, 0.3) is 0 Å². The van der Waals surface area contributed by atoms with Crippen molar-refractivity contribution in [2.24, 2.45) is 0 Å². The number of rotatable bonds is 8. The highest BCUT2D eigenvalue weighted by Crippen LogP contribution is 2.20. The molecular weight excluding hydrogens is 432 g/mol. The Morgan fingerprint density at radius 3 is 2.53 bits per heavy atom. The molecule has 2 N–H and O–H groups in total. The zero-order valence-corrected chi connectivity index (χ0v) is 17.9. The van der Waals surface area contributed by atoms with Gasteiger partial charge in [-0.25, -0.2) is 17.9 Å². The second kappa shape index (κ2) is 8.81. The van der Waals surface area contributed by atoms with Crippen molar-refractivity contribution in [1.29, 1.82) is 0 Å². The molecule has 1 atom stereocenters. The molecule has 0 saturated carbocycles. The molecule has 4 aromatic rings. The van der Waals surface area contributed by atoms with E-state index in [-0.39, 0.29) is 22.8 Å². The van der Waals surface area contributed by atoms with E-state index < -0.39 is 22.1 Å². The van der Waals surface area contributed by atoms with Gasteiger partial charge in [0.2, 0.25) is 15.8 Å². The molecule has 8 nitrogen and oxygen atoms in total. The van der Waals surface area contributed by atoms with Gasteiger partial charge >= 0.3 is 5.97 Å². The highest BCUT2D eigenvalue weighted by atomic mass is 32.2. The Balaban J connectivity index is 1.41. The second-order valence-corrected chi connectivity index (χ2v) is 8.85. The quantitative estimate of drug-likeness (QED) is 0.311. The number of esters is 1. The maximum absolute atomic E-state index is 12.7. The van der Waals surface area contributed by atoms with Gasteiger partial charge in [-0.15, -0.1) is 0 Å². The number of fused-ring (bicyclic) bond motifs is 1. The van der Waals surface area contributed by atoms with Gasteiger partial charge in [-0.1, -0.05) is 18.2 Å². The fourth-order valence-electron chi connectivity index (χ4n) is 3.21. The van der Waals surface area contributed by atoms with Crippen molar-refractivity contribution < 1.29 is 27.2 Å². The number of sulfonamides is 1. The fraction of sp³-hybridized carbons (Fsp3) is 0.130. The lowest BCUT2D eigenvalue weighted by Gasteiger charge is -2.12. The minimum atomic E-state index is -3.79. The van der Waals surface area contributed by atoms with Crippen molar-refractivity contribution in [3.63, 3.8) is 0 Å². The summed E-state index contributed by atoms with van der Waals surface area (Å²) in [6.07, 6.45) is 2.03. The standard InChI is InChI=1S/C23H20N2O6S/c1-15(22(26)20-14-24-21-7-3-2-6-19(20)21)31-23(27)16-8-10-18(11-9-16)32(28,29)25-13-17-5-4-12-30-17/h2-12,14-15,24-25H,13H2,1H3. The average Bonchev–Trinajstić information content (AvgIpc) is 3.47. The minimum absolute atomic E-state index is 0.00654. The summed E-state index contributed by atoms with van der Waals surface area (Å²) in [4.78, 5) is 28.2. The van der Waals surface area contributed by atoms with Crippen LogP contribution in [-0.4, -0.2) is 31.3 Å². The Morgan fingerprint density at radius 2 is 1.81 bits per heavy atom. The highest BCUT2D eigenvalue weighted by molar-refractivity contribution is 7.89. The number of H-pyrrole nitrogens is 1. The summed E-state index contributed by atoms with van der Waals surface area (Å²) in [6.45, 7) is 1.51. The van der Waals surface area contributed by atoms with E-state index >= 15 is 0 Å².